The van der Waals surface area contributed by atoms with Crippen molar-refractivity contribution in [1.82, 2.24) is 29.9 Å². The second-order valence-corrected chi connectivity index (χ2v) is 12.5. The van der Waals surface area contributed by atoms with E-state index in [1.165, 1.54) is 6.20 Å². The van der Waals surface area contributed by atoms with E-state index in [2.05, 4.69) is 19.9 Å². The number of hydroxylamine groups is 2. The highest BCUT2D eigenvalue weighted by atomic mass is 16.7. The SMILES string of the molecule is CC(C)(C)CC(=O)c1cnc2c(n1)CCC[C@H]2N(OC(=O)N([C@@H]1CCCc2nccnc21)C(C)(C)C)C(=O)O. The van der Waals surface area contributed by atoms with Gasteiger partial charge < -0.3 is 9.94 Å². The third-order valence-corrected chi connectivity index (χ3v) is 6.95. The molecule has 0 aromatic carbocycles. The minimum atomic E-state index is -1.41. The quantitative estimate of drug-likeness (QED) is 0.396. The van der Waals surface area contributed by atoms with E-state index in [1.54, 1.807) is 17.3 Å². The molecule has 39 heavy (non-hydrogen) atoms. The van der Waals surface area contributed by atoms with Gasteiger partial charge >= 0.3 is 12.2 Å². The van der Waals surface area contributed by atoms with E-state index in [9.17, 15) is 19.5 Å². The molecule has 2 aliphatic rings. The number of fused-ring (bicyclic) bond motifs is 2. The van der Waals surface area contributed by atoms with Crippen LogP contribution in [0.3, 0.4) is 0 Å². The normalized spacial score (nSPS) is 18.9. The molecule has 0 spiro atoms. The molecule has 1 N–H and O–H groups in total. The average molecular weight is 539 g/mol. The van der Waals surface area contributed by atoms with Crippen LogP contribution in [0.4, 0.5) is 9.59 Å². The molecule has 0 bridgehead atoms. The van der Waals surface area contributed by atoms with Gasteiger partial charge in [0.05, 0.1) is 35.0 Å². The van der Waals surface area contributed by atoms with Gasteiger partial charge in [-0.25, -0.2) is 14.6 Å². The molecule has 210 valence electrons. The Morgan fingerprint density at radius 1 is 0.923 bits per heavy atom. The molecule has 2 aromatic rings. The third-order valence-electron chi connectivity index (χ3n) is 6.95. The summed E-state index contributed by atoms with van der Waals surface area (Å²) in [6.45, 7) is 11.6. The monoisotopic (exact) mass is 538 g/mol. The molecule has 0 aliphatic heterocycles. The lowest BCUT2D eigenvalue weighted by Gasteiger charge is -2.43. The first-order valence-electron chi connectivity index (χ1n) is 13.5. The van der Waals surface area contributed by atoms with Gasteiger partial charge in [0.15, 0.2) is 5.78 Å². The summed E-state index contributed by atoms with van der Waals surface area (Å²) in [7, 11) is 0. The molecule has 2 atom stereocenters. The van der Waals surface area contributed by atoms with Gasteiger partial charge in [-0.1, -0.05) is 20.8 Å². The van der Waals surface area contributed by atoms with Gasteiger partial charge in [-0.3, -0.25) is 24.6 Å². The summed E-state index contributed by atoms with van der Waals surface area (Å²) >= 11 is 0. The lowest BCUT2D eigenvalue weighted by atomic mass is 9.89. The second-order valence-electron chi connectivity index (χ2n) is 12.5. The van der Waals surface area contributed by atoms with Crippen molar-refractivity contribution in [2.45, 2.75) is 104 Å². The Bertz CT molecular complexity index is 1250. The molecular weight excluding hydrogens is 500 g/mol. The van der Waals surface area contributed by atoms with Crippen LogP contribution in [-0.2, 0) is 17.7 Å². The Morgan fingerprint density at radius 2 is 1.54 bits per heavy atom. The van der Waals surface area contributed by atoms with Crippen LogP contribution >= 0.6 is 0 Å². The van der Waals surface area contributed by atoms with Crippen molar-refractivity contribution in [2.75, 3.05) is 0 Å². The summed E-state index contributed by atoms with van der Waals surface area (Å²) in [6.07, 6.45) is 6.58. The predicted molar refractivity (Wildman–Crippen MR) is 142 cm³/mol. The van der Waals surface area contributed by atoms with Crippen LogP contribution in [0.2, 0.25) is 0 Å². The maximum absolute atomic E-state index is 13.7. The topological polar surface area (TPSA) is 139 Å². The van der Waals surface area contributed by atoms with Crippen LogP contribution in [0.15, 0.2) is 18.6 Å². The number of carboxylic acid groups (broad SMARTS) is 1. The number of amides is 2. The Hall–Kier alpha value is -3.63. The molecule has 2 amide bonds. The van der Waals surface area contributed by atoms with Gasteiger partial charge in [0.2, 0.25) is 0 Å². The molecule has 2 heterocycles. The number of carbonyl (C=O) groups excluding carboxylic acids is 2. The number of carbonyl (C=O) groups is 3. The van der Waals surface area contributed by atoms with E-state index >= 15 is 0 Å². The first-order chi connectivity index (χ1) is 18.3. The molecule has 0 unspecified atom stereocenters. The lowest BCUT2D eigenvalue weighted by molar-refractivity contribution is -0.130. The summed E-state index contributed by atoms with van der Waals surface area (Å²) in [5.41, 5.74) is 1.87. The molecule has 2 aromatic heterocycles. The number of hydrogen-bond acceptors (Lipinski definition) is 8. The fourth-order valence-corrected chi connectivity index (χ4v) is 5.37. The van der Waals surface area contributed by atoms with Crippen LogP contribution in [0.5, 0.6) is 0 Å². The average Bonchev–Trinajstić information content (AvgIpc) is 2.85. The first-order valence-corrected chi connectivity index (χ1v) is 13.5. The number of nitrogens with zero attached hydrogens (tertiary/aromatic N) is 6. The Balaban J connectivity index is 1.62. The van der Waals surface area contributed by atoms with E-state index in [0.29, 0.717) is 54.2 Å². The first kappa shape index (κ1) is 28.4. The fraction of sp³-hybridized carbons (Fsp3) is 0.607. The lowest BCUT2D eigenvalue weighted by Crippen LogP contribution is -2.51. The standard InChI is InChI=1S/C28H38N6O5/c1-27(2,3)15-22(35)19-16-31-24-18(32-19)10-8-12-21(24)34(25(36)37)39-26(38)33(28(4,5)6)20-11-7-9-17-23(20)30-14-13-29-17/h13-14,16,20-21H,7-12,15H2,1-6H3,(H,36,37)/t20-,21-/m1/s1. The number of aryl methyl sites for hydroxylation is 2. The molecule has 2 aliphatic carbocycles. The summed E-state index contributed by atoms with van der Waals surface area (Å²) in [4.78, 5) is 64.0. The van der Waals surface area contributed by atoms with E-state index in [1.807, 2.05) is 41.5 Å². The number of aromatic nitrogens is 4. The molecule has 0 fully saturated rings. The molecule has 0 radical (unpaired) electrons. The summed E-state index contributed by atoms with van der Waals surface area (Å²) < 4.78 is 0. The second kappa shape index (κ2) is 10.9. The van der Waals surface area contributed by atoms with Crippen molar-refractivity contribution in [3.8, 4) is 0 Å². The minimum absolute atomic E-state index is 0.113. The Labute approximate surface area is 229 Å². The van der Waals surface area contributed by atoms with Crippen molar-refractivity contribution in [3.05, 3.63) is 47.1 Å². The highest BCUT2D eigenvalue weighted by molar-refractivity contribution is 5.94. The molecule has 4 rings (SSSR count). The molecule has 0 saturated heterocycles. The van der Waals surface area contributed by atoms with Crippen molar-refractivity contribution in [2.24, 2.45) is 5.41 Å². The highest BCUT2D eigenvalue weighted by Crippen LogP contribution is 2.38. The van der Waals surface area contributed by atoms with Crippen LogP contribution in [0.25, 0.3) is 0 Å². The van der Waals surface area contributed by atoms with Gasteiger partial charge in [0, 0.05) is 24.4 Å². The van der Waals surface area contributed by atoms with Gasteiger partial charge in [-0.2, -0.15) is 0 Å². The number of rotatable bonds is 4. The van der Waals surface area contributed by atoms with Gasteiger partial charge in [0.1, 0.15) is 11.7 Å². The maximum Gasteiger partial charge on any atom is 0.441 e. The van der Waals surface area contributed by atoms with E-state index in [0.717, 1.165) is 18.5 Å². The Kier molecular flexibility index (Phi) is 7.90. The van der Waals surface area contributed by atoms with E-state index < -0.39 is 29.8 Å². The van der Waals surface area contributed by atoms with Gasteiger partial charge in [0.25, 0.3) is 0 Å². The highest BCUT2D eigenvalue weighted by Gasteiger charge is 2.42. The largest absolute Gasteiger partial charge is 0.463 e. The summed E-state index contributed by atoms with van der Waals surface area (Å²) in [5, 5.41) is 10.8. The zero-order valence-electron chi connectivity index (χ0n) is 23.6. The Morgan fingerprint density at radius 3 is 2.18 bits per heavy atom. The van der Waals surface area contributed by atoms with E-state index in [-0.39, 0.29) is 16.9 Å². The van der Waals surface area contributed by atoms with Crippen LogP contribution < -0.4 is 0 Å². The number of ketones is 1. The van der Waals surface area contributed by atoms with Crippen molar-refractivity contribution >= 4 is 18.0 Å². The van der Waals surface area contributed by atoms with Gasteiger partial charge in [-0.05, 0) is 64.7 Å². The molecule has 11 nitrogen and oxygen atoms in total. The summed E-state index contributed by atoms with van der Waals surface area (Å²) in [5.74, 6) is -0.113. The van der Waals surface area contributed by atoms with Crippen LogP contribution in [0.1, 0.15) is 119 Å². The maximum atomic E-state index is 13.7. The molecular formula is C28H38N6O5. The zero-order chi connectivity index (χ0) is 28.5. The zero-order valence-corrected chi connectivity index (χ0v) is 23.6. The van der Waals surface area contributed by atoms with E-state index in [4.69, 9.17) is 4.84 Å². The fourth-order valence-electron chi connectivity index (χ4n) is 5.37. The number of Topliss-reactive ketones (excluding diaryl/α,β-unsaturated/α-hetero) is 1. The number of hydrogen-bond donors (Lipinski definition) is 1. The van der Waals surface area contributed by atoms with Crippen LogP contribution in [0, 0.1) is 5.41 Å². The van der Waals surface area contributed by atoms with Crippen molar-refractivity contribution in [3.63, 3.8) is 0 Å². The molecule has 0 saturated carbocycles. The predicted octanol–water partition coefficient (Wildman–Crippen LogP) is 5.47. The third kappa shape index (κ3) is 6.34. The van der Waals surface area contributed by atoms with Crippen LogP contribution in [-0.4, -0.2) is 58.5 Å². The minimum Gasteiger partial charge on any atom is -0.463 e. The summed E-state index contributed by atoms with van der Waals surface area (Å²) in [6, 6.07) is -1.24. The molecule has 11 heteroatoms. The van der Waals surface area contributed by atoms with Crippen molar-refractivity contribution in [1.29, 1.82) is 0 Å². The smallest absolute Gasteiger partial charge is 0.441 e. The van der Waals surface area contributed by atoms with Gasteiger partial charge in [-0.15, -0.1) is 5.06 Å². The van der Waals surface area contributed by atoms with Crippen molar-refractivity contribution < 1.29 is 24.3 Å².